The van der Waals surface area contributed by atoms with Crippen molar-refractivity contribution < 1.29 is 13.3 Å². The van der Waals surface area contributed by atoms with Gasteiger partial charge in [0.2, 0.25) is 19.5 Å². The molecule has 1 rings (SSSR count). The first-order valence-corrected chi connectivity index (χ1v) is 14.0. The van der Waals surface area contributed by atoms with Crippen LogP contribution in [0.25, 0.3) is 0 Å². The lowest BCUT2D eigenvalue weighted by atomic mass is 10.2. The average molecular weight is 317 g/mol. The summed E-state index contributed by atoms with van der Waals surface area (Å²) in [4.78, 5) is 0. The lowest BCUT2D eigenvalue weighted by Gasteiger charge is -2.37. The van der Waals surface area contributed by atoms with E-state index in [2.05, 4.69) is 59.1 Å². The van der Waals surface area contributed by atoms with Crippen LogP contribution in [0.4, 0.5) is 0 Å². The second-order valence-electron chi connectivity index (χ2n) is 6.27. The minimum Gasteiger partial charge on any atom is -0.547 e. The van der Waals surface area contributed by atoms with Gasteiger partial charge in [-0.1, -0.05) is 20.8 Å². The van der Waals surface area contributed by atoms with E-state index in [1.807, 2.05) is 0 Å². The molecule has 110 valence electrons. The fourth-order valence-electron chi connectivity index (χ4n) is 1.65. The third kappa shape index (κ3) is 4.34. The van der Waals surface area contributed by atoms with E-state index in [0.29, 0.717) is 0 Å². The van der Waals surface area contributed by atoms with Crippen molar-refractivity contribution in [3.05, 3.63) is 23.7 Å². The van der Waals surface area contributed by atoms with E-state index in [0.717, 1.165) is 11.5 Å². The summed E-state index contributed by atoms with van der Waals surface area (Å²) in [7, 11) is -2.70. The van der Waals surface area contributed by atoms with Crippen LogP contribution >= 0.6 is 0 Å². The Kier molecular flexibility index (Phi) is 5.66. The molecule has 0 atom stereocenters. The Labute approximate surface area is 123 Å². The van der Waals surface area contributed by atoms with Gasteiger partial charge in [-0.3, -0.25) is 0 Å². The first kappa shape index (κ1) is 16.7. The summed E-state index contributed by atoms with van der Waals surface area (Å²) in [6.07, 6.45) is 4.18. The molecule has 0 aromatic rings. The van der Waals surface area contributed by atoms with Crippen molar-refractivity contribution in [2.45, 2.75) is 58.1 Å². The summed E-state index contributed by atoms with van der Waals surface area (Å²) >= 11 is 0. The summed E-state index contributed by atoms with van der Waals surface area (Å²) in [6.45, 7) is 15.6. The predicted molar refractivity (Wildman–Crippen MR) is 89.2 cm³/mol. The highest BCUT2D eigenvalue weighted by atomic mass is 28.4. The van der Waals surface area contributed by atoms with Gasteiger partial charge in [-0.25, -0.2) is 0 Å². The maximum absolute atomic E-state index is 6.37. The molecule has 19 heavy (non-hydrogen) atoms. The molecule has 0 bridgehead atoms. The van der Waals surface area contributed by atoms with Crippen LogP contribution in [0.3, 0.4) is 0 Å². The van der Waals surface area contributed by atoms with Crippen LogP contribution in [0.5, 0.6) is 0 Å². The van der Waals surface area contributed by atoms with Crippen molar-refractivity contribution >= 4 is 27.8 Å². The highest BCUT2D eigenvalue weighted by molar-refractivity contribution is 6.74. The molecule has 6 heteroatoms. The zero-order valence-electron chi connectivity index (χ0n) is 13.4. The Morgan fingerprint density at radius 3 is 1.74 bits per heavy atom. The van der Waals surface area contributed by atoms with Gasteiger partial charge in [-0.15, -0.1) is 0 Å². The third-order valence-corrected chi connectivity index (χ3v) is 9.38. The molecule has 1 aliphatic rings. The molecular weight excluding hydrogens is 288 g/mol. The first-order valence-electron chi connectivity index (χ1n) is 7.08. The van der Waals surface area contributed by atoms with E-state index < -0.39 is 27.8 Å². The van der Waals surface area contributed by atoms with Crippen LogP contribution in [0.1, 0.15) is 20.8 Å². The van der Waals surface area contributed by atoms with Gasteiger partial charge >= 0.3 is 0 Å². The lowest BCUT2D eigenvalue weighted by molar-refractivity contribution is 0.267. The molecule has 0 radical (unpaired) electrons. The SMILES string of the molecule is C[SiH2]OC1=CC(O[Si](C)(C)C(C)(C)C)C=C1O[SiH2]C. The standard InChI is InChI=1S/C13H28O3Si3/c1-13(2,3)19(6,7)16-10-8-11(14-17-4)12(9-10)15-18-5/h8-10H,17-18H2,1-7H3. The van der Waals surface area contributed by atoms with Crippen molar-refractivity contribution in [3.8, 4) is 0 Å². The van der Waals surface area contributed by atoms with Crippen LogP contribution in [0.15, 0.2) is 23.7 Å². The molecule has 0 aromatic heterocycles. The molecule has 0 fully saturated rings. The molecule has 0 heterocycles. The number of hydrogen-bond donors (Lipinski definition) is 0. The Morgan fingerprint density at radius 1 is 1.00 bits per heavy atom. The maximum atomic E-state index is 6.37. The van der Waals surface area contributed by atoms with Gasteiger partial charge in [-0.2, -0.15) is 0 Å². The Balaban J connectivity index is 2.81. The zero-order valence-corrected chi connectivity index (χ0v) is 17.2. The average Bonchev–Trinajstić information content (AvgIpc) is 2.59. The summed E-state index contributed by atoms with van der Waals surface area (Å²) in [6, 6.07) is 0. The van der Waals surface area contributed by atoms with Crippen LogP contribution in [0.2, 0.25) is 31.2 Å². The van der Waals surface area contributed by atoms with Crippen molar-refractivity contribution in [2.75, 3.05) is 0 Å². The van der Waals surface area contributed by atoms with Crippen molar-refractivity contribution in [1.82, 2.24) is 0 Å². The minimum absolute atomic E-state index is 0.0204. The van der Waals surface area contributed by atoms with E-state index >= 15 is 0 Å². The van der Waals surface area contributed by atoms with E-state index in [9.17, 15) is 0 Å². The zero-order chi connectivity index (χ0) is 14.7. The quantitative estimate of drug-likeness (QED) is 0.705. The third-order valence-electron chi connectivity index (χ3n) is 3.71. The first-order chi connectivity index (χ1) is 8.71. The monoisotopic (exact) mass is 316 g/mol. The molecule has 0 saturated heterocycles. The minimum atomic E-state index is -1.75. The Morgan fingerprint density at radius 2 is 1.42 bits per heavy atom. The molecule has 0 aromatic carbocycles. The summed E-state index contributed by atoms with van der Waals surface area (Å²) in [5.41, 5.74) is 0. The van der Waals surface area contributed by atoms with E-state index in [1.165, 1.54) is 0 Å². The van der Waals surface area contributed by atoms with Crippen LogP contribution in [-0.2, 0) is 13.3 Å². The van der Waals surface area contributed by atoms with Crippen molar-refractivity contribution in [3.63, 3.8) is 0 Å². The lowest BCUT2D eigenvalue weighted by Crippen LogP contribution is -2.42. The van der Waals surface area contributed by atoms with E-state index in [-0.39, 0.29) is 11.1 Å². The van der Waals surface area contributed by atoms with Gasteiger partial charge in [-0.05, 0) is 43.4 Å². The number of rotatable bonds is 6. The van der Waals surface area contributed by atoms with Gasteiger partial charge in [0.05, 0.1) is 6.10 Å². The summed E-state index contributed by atoms with van der Waals surface area (Å²) in [5.74, 6) is 1.82. The van der Waals surface area contributed by atoms with Gasteiger partial charge in [0.25, 0.3) is 0 Å². The van der Waals surface area contributed by atoms with Gasteiger partial charge < -0.3 is 13.3 Å². The van der Waals surface area contributed by atoms with Crippen molar-refractivity contribution in [2.24, 2.45) is 0 Å². The molecule has 0 N–H and O–H groups in total. The smallest absolute Gasteiger partial charge is 0.216 e. The highest BCUT2D eigenvalue weighted by Crippen LogP contribution is 2.38. The summed E-state index contributed by atoms with van der Waals surface area (Å²) < 4.78 is 17.9. The van der Waals surface area contributed by atoms with E-state index in [4.69, 9.17) is 13.3 Å². The molecule has 0 amide bonds. The molecular formula is C13H28O3Si3. The Bertz CT molecular complexity index is 348. The van der Waals surface area contributed by atoms with Crippen LogP contribution in [-0.4, -0.2) is 33.9 Å². The van der Waals surface area contributed by atoms with Crippen LogP contribution < -0.4 is 0 Å². The normalized spacial score (nSPS) is 21.3. The maximum Gasteiger partial charge on any atom is 0.216 e. The molecule has 1 aliphatic carbocycles. The molecule has 0 saturated carbocycles. The highest BCUT2D eigenvalue weighted by Gasteiger charge is 2.39. The Hall–Kier alpha value is -0.309. The molecule has 0 unspecified atom stereocenters. The van der Waals surface area contributed by atoms with Gasteiger partial charge in [0.1, 0.15) is 11.5 Å². The second-order valence-corrected chi connectivity index (χ2v) is 12.8. The van der Waals surface area contributed by atoms with Gasteiger partial charge in [0, 0.05) is 0 Å². The summed E-state index contributed by atoms with van der Waals surface area (Å²) in [5, 5.41) is 0.221. The predicted octanol–water partition coefficient (Wildman–Crippen LogP) is 2.46. The number of hydrogen-bond acceptors (Lipinski definition) is 3. The largest absolute Gasteiger partial charge is 0.547 e. The fraction of sp³-hybridized carbons (Fsp3) is 0.692. The van der Waals surface area contributed by atoms with Crippen LogP contribution in [0, 0.1) is 0 Å². The topological polar surface area (TPSA) is 27.7 Å². The van der Waals surface area contributed by atoms with Crippen molar-refractivity contribution in [1.29, 1.82) is 0 Å². The molecule has 0 aliphatic heterocycles. The second kappa shape index (κ2) is 6.43. The van der Waals surface area contributed by atoms with E-state index in [1.54, 1.807) is 0 Å². The molecule has 3 nitrogen and oxygen atoms in total. The fourth-order valence-corrected chi connectivity index (χ4v) is 3.91. The molecule has 0 spiro atoms. The van der Waals surface area contributed by atoms with Gasteiger partial charge in [0.15, 0.2) is 8.32 Å².